The van der Waals surface area contributed by atoms with E-state index in [0.717, 1.165) is 22.4 Å². The Hall–Kier alpha value is -2.36. The highest BCUT2D eigenvalue weighted by atomic mass is 35.5. The van der Waals surface area contributed by atoms with Crippen LogP contribution in [0.25, 0.3) is 10.8 Å². The van der Waals surface area contributed by atoms with E-state index >= 15 is 0 Å². The van der Waals surface area contributed by atoms with Crippen molar-refractivity contribution < 1.29 is 0 Å². The van der Waals surface area contributed by atoms with Gasteiger partial charge in [-0.25, -0.2) is 4.99 Å². The first-order valence-electron chi connectivity index (χ1n) is 7.11. The summed E-state index contributed by atoms with van der Waals surface area (Å²) < 4.78 is 0. The van der Waals surface area contributed by atoms with E-state index in [1.54, 1.807) is 0 Å². The summed E-state index contributed by atoms with van der Waals surface area (Å²) in [6.45, 7) is 0. The van der Waals surface area contributed by atoms with Gasteiger partial charge in [-0.2, -0.15) is 0 Å². The second-order valence-electron chi connectivity index (χ2n) is 5.24. The Morgan fingerprint density at radius 3 is 2.45 bits per heavy atom. The standard InChI is InChI=1S/C18H14ClN3/c19-17-18(20)22(16-10-4-3-9-14(16)21-17)15-11-5-7-12-6-1-2-8-13(12)15/h1-11,18H,20H2. The smallest absolute Gasteiger partial charge is 0.144 e. The molecule has 1 unspecified atom stereocenters. The Morgan fingerprint density at radius 1 is 0.864 bits per heavy atom. The van der Waals surface area contributed by atoms with Crippen LogP contribution in [0.2, 0.25) is 0 Å². The summed E-state index contributed by atoms with van der Waals surface area (Å²) >= 11 is 6.27. The van der Waals surface area contributed by atoms with E-state index in [4.69, 9.17) is 17.3 Å². The molecular weight excluding hydrogens is 294 g/mol. The first kappa shape index (κ1) is 13.3. The van der Waals surface area contributed by atoms with E-state index in [9.17, 15) is 0 Å². The average Bonchev–Trinajstić information content (AvgIpc) is 2.56. The van der Waals surface area contributed by atoms with Crippen molar-refractivity contribution in [3.05, 3.63) is 66.7 Å². The number of halogens is 1. The Bertz CT molecular complexity index is 883. The van der Waals surface area contributed by atoms with Crippen molar-refractivity contribution in [1.29, 1.82) is 0 Å². The maximum Gasteiger partial charge on any atom is 0.144 e. The quantitative estimate of drug-likeness (QED) is 0.717. The zero-order valence-electron chi connectivity index (χ0n) is 11.8. The van der Waals surface area contributed by atoms with Crippen LogP contribution in [0, 0.1) is 0 Å². The third-order valence-electron chi connectivity index (χ3n) is 3.92. The Balaban J connectivity index is 2.00. The van der Waals surface area contributed by atoms with Gasteiger partial charge in [0.15, 0.2) is 0 Å². The number of hydrogen-bond donors (Lipinski definition) is 1. The van der Waals surface area contributed by atoms with Crippen molar-refractivity contribution in [2.45, 2.75) is 6.17 Å². The molecule has 0 aromatic heterocycles. The van der Waals surface area contributed by atoms with Crippen LogP contribution in [-0.2, 0) is 0 Å². The number of rotatable bonds is 1. The molecule has 0 saturated heterocycles. The van der Waals surface area contributed by atoms with Gasteiger partial charge in [-0.05, 0) is 23.6 Å². The number of benzene rings is 3. The Morgan fingerprint density at radius 2 is 1.55 bits per heavy atom. The third-order valence-corrected chi connectivity index (χ3v) is 4.23. The second-order valence-corrected chi connectivity index (χ2v) is 5.62. The zero-order valence-corrected chi connectivity index (χ0v) is 12.5. The molecule has 0 amide bonds. The van der Waals surface area contributed by atoms with E-state index in [2.05, 4.69) is 29.3 Å². The molecule has 0 radical (unpaired) electrons. The number of hydrogen-bond acceptors (Lipinski definition) is 3. The Labute approximate surface area is 133 Å². The minimum Gasteiger partial charge on any atom is -0.316 e. The van der Waals surface area contributed by atoms with Crippen molar-refractivity contribution in [3.8, 4) is 0 Å². The van der Waals surface area contributed by atoms with Gasteiger partial charge in [0.1, 0.15) is 11.3 Å². The molecule has 108 valence electrons. The molecule has 22 heavy (non-hydrogen) atoms. The van der Waals surface area contributed by atoms with E-state index in [-0.39, 0.29) is 0 Å². The van der Waals surface area contributed by atoms with E-state index < -0.39 is 6.17 Å². The number of aliphatic imine (C=N–C) groups is 1. The highest BCUT2D eigenvalue weighted by Crippen LogP contribution is 2.41. The lowest BCUT2D eigenvalue weighted by Gasteiger charge is -2.35. The molecule has 0 aliphatic carbocycles. The normalized spacial score (nSPS) is 17.3. The molecule has 0 bridgehead atoms. The molecule has 0 saturated carbocycles. The fourth-order valence-corrected chi connectivity index (χ4v) is 3.09. The van der Waals surface area contributed by atoms with Crippen molar-refractivity contribution in [1.82, 2.24) is 0 Å². The van der Waals surface area contributed by atoms with E-state index in [0.29, 0.717) is 5.17 Å². The highest BCUT2D eigenvalue weighted by Gasteiger charge is 2.28. The van der Waals surface area contributed by atoms with Gasteiger partial charge in [0.25, 0.3) is 0 Å². The number of fused-ring (bicyclic) bond motifs is 2. The van der Waals surface area contributed by atoms with Crippen molar-refractivity contribution >= 4 is 44.6 Å². The maximum atomic E-state index is 6.32. The first-order chi connectivity index (χ1) is 10.8. The number of para-hydroxylation sites is 2. The predicted molar refractivity (Wildman–Crippen MR) is 93.5 cm³/mol. The third kappa shape index (κ3) is 1.98. The summed E-state index contributed by atoms with van der Waals surface area (Å²) in [7, 11) is 0. The van der Waals surface area contributed by atoms with Crippen molar-refractivity contribution in [2.75, 3.05) is 4.90 Å². The topological polar surface area (TPSA) is 41.6 Å². The van der Waals surface area contributed by atoms with Gasteiger partial charge in [-0.1, -0.05) is 60.1 Å². The van der Waals surface area contributed by atoms with E-state index in [1.165, 1.54) is 5.39 Å². The SMILES string of the molecule is NC1C(Cl)=Nc2ccccc2N1c1cccc2ccccc12. The van der Waals surface area contributed by atoms with Crippen LogP contribution in [0.4, 0.5) is 17.1 Å². The molecule has 0 fully saturated rings. The number of nitrogens with zero attached hydrogens (tertiary/aromatic N) is 2. The molecular formula is C18H14ClN3. The summed E-state index contributed by atoms with van der Waals surface area (Å²) in [6, 6.07) is 22.3. The molecule has 1 atom stereocenters. The van der Waals surface area contributed by atoms with Gasteiger partial charge in [0.05, 0.1) is 17.1 Å². The molecule has 1 aliphatic heterocycles. The summed E-state index contributed by atoms with van der Waals surface area (Å²) in [6.07, 6.45) is -0.484. The van der Waals surface area contributed by atoms with Crippen molar-refractivity contribution in [3.63, 3.8) is 0 Å². The van der Waals surface area contributed by atoms with Crippen LogP contribution >= 0.6 is 11.6 Å². The van der Waals surface area contributed by atoms with Gasteiger partial charge >= 0.3 is 0 Å². The molecule has 0 spiro atoms. The van der Waals surface area contributed by atoms with Crippen LogP contribution in [0.5, 0.6) is 0 Å². The lowest BCUT2D eigenvalue weighted by molar-refractivity contribution is 0.865. The molecule has 1 heterocycles. The lowest BCUT2D eigenvalue weighted by atomic mass is 10.1. The number of nitrogens with two attached hydrogens (primary N) is 1. The Kier molecular flexibility index (Phi) is 3.10. The van der Waals surface area contributed by atoms with Gasteiger partial charge < -0.3 is 10.6 Å². The fourth-order valence-electron chi connectivity index (χ4n) is 2.90. The lowest BCUT2D eigenvalue weighted by Crippen LogP contribution is -2.45. The molecule has 2 N–H and O–H groups in total. The molecule has 3 nitrogen and oxygen atoms in total. The van der Waals surface area contributed by atoms with Crippen LogP contribution in [-0.4, -0.2) is 11.3 Å². The summed E-state index contributed by atoms with van der Waals surface area (Å²) in [5, 5.41) is 2.71. The van der Waals surface area contributed by atoms with Crippen LogP contribution in [0.3, 0.4) is 0 Å². The fraction of sp³-hybridized carbons (Fsp3) is 0.0556. The highest BCUT2D eigenvalue weighted by molar-refractivity contribution is 6.67. The summed E-state index contributed by atoms with van der Waals surface area (Å²) in [5.74, 6) is 0. The molecule has 3 aromatic rings. The van der Waals surface area contributed by atoms with Crippen molar-refractivity contribution in [2.24, 2.45) is 10.7 Å². The first-order valence-corrected chi connectivity index (χ1v) is 7.49. The number of anilines is 2. The van der Waals surface area contributed by atoms with Crippen LogP contribution in [0.1, 0.15) is 0 Å². The molecule has 4 rings (SSSR count). The minimum atomic E-state index is -0.484. The van der Waals surface area contributed by atoms with Gasteiger partial charge in [0, 0.05) is 5.39 Å². The summed E-state index contributed by atoms with van der Waals surface area (Å²) in [5.41, 5.74) is 9.16. The predicted octanol–water partition coefficient (Wildman–Crippen LogP) is 4.55. The second kappa shape index (κ2) is 5.13. The van der Waals surface area contributed by atoms with Gasteiger partial charge in [-0.3, -0.25) is 0 Å². The maximum absolute atomic E-state index is 6.32. The van der Waals surface area contributed by atoms with Crippen LogP contribution < -0.4 is 10.6 Å². The van der Waals surface area contributed by atoms with Gasteiger partial charge in [0.2, 0.25) is 0 Å². The molecule has 3 aromatic carbocycles. The van der Waals surface area contributed by atoms with Gasteiger partial charge in [-0.15, -0.1) is 0 Å². The molecule has 4 heteroatoms. The average molecular weight is 308 g/mol. The molecule has 1 aliphatic rings. The monoisotopic (exact) mass is 307 g/mol. The van der Waals surface area contributed by atoms with Crippen LogP contribution in [0.15, 0.2) is 71.7 Å². The van der Waals surface area contributed by atoms with E-state index in [1.807, 2.05) is 47.4 Å². The minimum absolute atomic E-state index is 0.395. The largest absolute Gasteiger partial charge is 0.316 e. The zero-order chi connectivity index (χ0) is 15.1. The summed E-state index contributed by atoms with van der Waals surface area (Å²) in [4.78, 5) is 6.45.